The first-order valence-corrected chi connectivity index (χ1v) is 8.71. The molecule has 0 saturated heterocycles. The molecule has 0 fully saturated rings. The maximum atomic E-state index is 12.4. The zero-order valence-corrected chi connectivity index (χ0v) is 14.8. The number of nitrogens with one attached hydrogen (secondary N) is 1. The van der Waals surface area contributed by atoms with Crippen molar-refractivity contribution in [3.63, 3.8) is 0 Å². The standard InChI is InChI=1S/C19H16N2O4S/c1-13(22)20-19-21-14(12-26-19)11-24-18(23)16-9-5-6-10-17(16)25-15-7-3-2-4-8-15/h2-10,12H,11H2,1H3,(H,20,21,22). The normalized spacial score (nSPS) is 10.2. The number of ether oxygens (including phenoxy) is 2. The average molecular weight is 368 g/mol. The van der Waals surface area contributed by atoms with Gasteiger partial charge in [-0.15, -0.1) is 11.3 Å². The molecule has 3 rings (SSSR count). The van der Waals surface area contributed by atoms with Crippen LogP contribution in [0.5, 0.6) is 11.5 Å². The molecule has 0 aliphatic rings. The molecule has 0 saturated carbocycles. The summed E-state index contributed by atoms with van der Waals surface area (Å²) in [5.74, 6) is 0.341. The third-order valence-electron chi connectivity index (χ3n) is 3.26. The van der Waals surface area contributed by atoms with Gasteiger partial charge in [-0.1, -0.05) is 30.3 Å². The van der Waals surface area contributed by atoms with Gasteiger partial charge < -0.3 is 14.8 Å². The number of para-hydroxylation sites is 2. The summed E-state index contributed by atoms with van der Waals surface area (Å²) >= 11 is 1.27. The Balaban J connectivity index is 1.66. The van der Waals surface area contributed by atoms with Crippen molar-refractivity contribution >= 4 is 28.3 Å². The molecular formula is C19H16N2O4S. The molecular weight excluding hydrogens is 352 g/mol. The van der Waals surface area contributed by atoms with Crippen LogP contribution in [0.15, 0.2) is 60.0 Å². The molecule has 132 valence electrons. The van der Waals surface area contributed by atoms with E-state index in [1.807, 2.05) is 18.2 Å². The van der Waals surface area contributed by atoms with Crippen LogP contribution >= 0.6 is 11.3 Å². The highest BCUT2D eigenvalue weighted by Gasteiger charge is 2.15. The van der Waals surface area contributed by atoms with Crippen molar-refractivity contribution in [3.8, 4) is 11.5 Å². The highest BCUT2D eigenvalue weighted by molar-refractivity contribution is 7.13. The summed E-state index contributed by atoms with van der Waals surface area (Å²) in [6.07, 6.45) is 0. The number of nitrogens with zero attached hydrogens (tertiary/aromatic N) is 1. The molecule has 0 spiro atoms. The summed E-state index contributed by atoms with van der Waals surface area (Å²) in [7, 11) is 0. The van der Waals surface area contributed by atoms with Crippen LogP contribution in [-0.4, -0.2) is 16.9 Å². The average Bonchev–Trinajstić information content (AvgIpc) is 3.08. The van der Waals surface area contributed by atoms with Gasteiger partial charge in [0.05, 0.1) is 5.69 Å². The predicted octanol–water partition coefficient (Wildman–Crippen LogP) is 4.25. The molecule has 0 unspecified atom stereocenters. The van der Waals surface area contributed by atoms with Gasteiger partial charge in [0.2, 0.25) is 5.91 Å². The minimum absolute atomic E-state index is 0.00852. The summed E-state index contributed by atoms with van der Waals surface area (Å²) in [5.41, 5.74) is 0.891. The molecule has 0 bridgehead atoms. The molecule has 3 aromatic rings. The number of carbonyl (C=O) groups is 2. The number of aromatic nitrogens is 1. The highest BCUT2D eigenvalue weighted by atomic mass is 32.1. The van der Waals surface area contributed by atoms with Gasteiger partial charge in [0, 0.05) is 12.3 Å². The highest BCUT2D eigenvalue weighted by Crippen LogP contribution is 2.26. The maximum Gasteiger partial charge on any atom is 0.342 e. The molecule has 1 heterocycles. The molecule has 0 atom stereocenters. The Morgan fingerprint density at radius 1 is 1.08 bits per heavy atom. The quantitative estimate of drug-likeness (QED) is 0.658. The van der Waals surface area contributed by atoms with Gasteiger partial charge >= 0.3 is 5.97 Å². The molecule has 1 N–H and O–H groups in total. The Bertz CT molecular complexity index is 909. The van der Waals surface area contributed by atoms with Crippen LogP contribution in [0.3, 0.4) is 0 Å². The number of anilines is 1. The largest absolute Gasteiger partial charge is 0.456 e. The van der Waals surface area contributed by atoms with Crippen molar-refractivity contribution in [2.75, 3.05) is 5.32 Å². The van der Waals surface area contributed by atoms with E-state index in [0.717, 1.165) is 0 Å². The van der Waals surface area contributed by atoms with Crippen LogP contribution in [0.2, 0.25) is 0 Å². The third-order valence-corrected chi connectivity index (χ3v) is 4.07. The van der Waals surface area contributed by atoms with Crippen molar-refractivity contribution < 1.29 is 19.1 Å². The first-order valence-electron chi connectivity index (χ1n) is 7.83. The second-order valence-corrected chi connectivity index (χ2v) is 6.17. The van der Waals surface area contributed by atoms with E-state index in [-0.39, 0.29) is 12.5 Å². The van der Waals surface area contributed by atoms with Crippen LogP contribution in [0.1, 0.15) is 23.0 Å². The lowest BCUT2D eigenvalue weighted by atomic mass is 10.2. The summed E-state index contributed by atoms with van der Waals surface area (Å²) in [6, 6.07) is 16.1. The first-order chi connectivity index (χ1) is 12.6. The minimum atomic E-state index is -0.509. The molecule has 0 aliphatic carbocycles. The van der Waals surface area contributed by atoms with Gasteiger partial charge in [0.25, 0.3) is 0 Å². The van der Waals surface area contributed by atoms with Crippen molar-refractivity contribution in [3.05, 3.63) is 71.2 Å². The minimum Gasteiger partial charge on any atom is -0.456 e. The van der Waals surface area contributed by atoms with E-state index in [0.29, 0.717) is 27.9 Å². The van der Waals surface area contributed by atoms with E-state index < -0.39 is 5.97 Å². The molecule has 26 heavy (non-hydrogen) atoms. The van der Waals surface area contributed by atoms with E-state index in [1.54, 1.807) is 41.8 Å². The van der Waals surface area contributed by atoms with Crippen LogP contribution in [0.25, 0.3) is 0 Å². The number of carbonyl (C=O) groups excluding carboxylic acids is 2. The van der Waals surface area contributed by atoms with E-state index in [2.05, 4.69) is 10.3 Å². The van der Waals surface area contributed by atoms with Crippen LogP contribution in [0.4, 0.5) is 5.13 Å². The smallest absolute Gasteiger partial charge is 0.342 e. The molecule has 7 heteroatoms. The number of thiazole rings is 1. The van der Waals surface area contributed by atoms with Gasteiger partial charge in [0.15, 0.2) is 5.13 Å². The Hall–Kier alpha value is -3.19. The van der Waals surface area contributed by atoms with Crippen molar-refractivity contribution in [1.29, 1.82) is 0 Å². The lowest BCUT2D eigenvalue weighted by Gasteiger charge is -2.10. The van der Waals surface area contributed by atoms with Crippen molar-refractivity contribution in [2.45, 2.75) is 13.5 Å². The summed E-state index contributed by atoms with van der Waals surface area (Å²) in [5, 5.41) is 4.78. The number of hydrogen-bond acceptors (Lipinski definition) is 6. The van der Waals surface area contributed by atoms with Crippen LogP contribution in [-0.2, 0) is 16.1 Å². The predicted molar refractivity (Wildman–Crippen MR) is 98.5 cm³/mol. The fourth-order valence-corrected chi connectivity index (χ4v) is 2.88. The van der Waals surface area contributed by atoms with Crippen LogP contribution in [0, 0.1) is 0 Å². The Morgan fingerprint density at radius 3 is 2.58 bits per heavy atom. The molecule has 1 amide bonds. The van der Waals surface area contributed by atoms with Crippen LogP contribution < -0.4 is 10.1 Å². The van der Waals surface area contributed by atoms with Crippen molar-refractivity contribution in [1.82, 2.24) is 4.98 Å². The molecule has 0 aliphatic heterocycles. The van der Waals surface area contributed by atoms with Gasteiger partial charge in [-0.2, -0.15) is 0 Å². The first kappa shape index (κ1) is 17.6. The third kappa shape index (κ3) is 4.67. The van der Waals surface area contributed by atoms with Gasteiger partial charge in [-0.3, -0.25) is 4.79 Å². The second-order valence-electron chi connectivity index (χ2n) is 5.31. The van der Waals surface area contributed by atoms with E-state index in [4.69, 9.17) is 9.47 Å². The Kier molecular flexibility index (Phi) is 5.60. The Labute approximate surface area is 154 Å². The SMILES string of the molecule is CC(=O)Nc1nc(COC(=O)c2ccccc2Oc2ccccc2)cs1. The van der Waals surface area contributed by atoms with E-state index >= 15 is 0 Å². The lowest BCUT2D eigenvalue weighted by Crippen LogP contribution is -2.08. The van der Waals surface area contributed by atoms with Crippen molar-refractivity contribution in [2.24, 2.45) is 0 Å². The summed E-state index contributed by atoms with van der Waals surface area (Å²) in [6.45, 7) is 1.42. The van der Waals surface area contributed by atoms with E-state index in [9.17, 15) is 9.59 Å². The van der Waals surface area contributed by atoms with Gasteiger partial charge in [-0.25, -0.2) is 9.78 Å². The number of benzene rings is 2. The maximum absolute atomic E-state index is 12.4. The Morgan fingerprint density at radius 2 is 1.81 bits per heavy atom. The van der Waals surface area contributed by atoms with E-state index in [1.165, 1.54) is 18.3 Å². The monoisotopic (exact) mass is 368 g/mol. The number of rotatable bonds is 6. The molecule has 6 nitrogen and oxygen atoms in total. The fraction of sp³-hybridized carbons (Fsp3) is 0.105. The zero-order chi connectivity index (χ0) is 18.4. The van der Waals surface area contributed by atoms with Gasteiger partial charge in [0.1, 0.15) is 23.7 Å². The zero-order valence-electron chi connectivity index (χ0n) is 14.0. The van der Waals surface area contributed by atoms with Gasteiger partial charge in [-0.05, 0) is 24.3 Å². The summed E-state index contributed by atoms with van der Waals surface area (Å²) in [4.78, 5) is 27.6. The molecule has 1 aromatic heterocycles. The number of esters is 1. The lowest BCUT2D eigenvalue weighted by molar-refractivity contribution is -0.114. The number of amides is 1. The second kappa shape index (κ2) is 8.26. The fourth-order valence-electron chi connectivity index (χ4n) is 2.14. The molecule has 2 aromatic carbocycles. The topological polar surface area (TPSA) is 77.5 Å². The summed E-state index contributed by atoms with van der Waals surface area (Å²) < 4.78 is 11.1. The number of hydrogen-bond donors (Lipinski definition) is 1. The molecule has 0 radical (unpaired) electrons.